The molecule has 0 aliphatic rings. The first-order chi connectivity index (χ1) is 10.1. The van der Waals surface area contributed by atoms with Crippen molar-refractivity contribution in [2.75, 3.05) is 5.32 Å². The van der Waals surface area contributed by atoms with Crippen LogP contribution in [0.3, 0.4) is 0 Å². The lowest BCUT2D eigenvalue weighted by atomic mass is 10.0. The zero-order chi connectivity index (χ0) is 15.2. The summed E-state index contributed by atoms with van der Waals surface area (Å²) in [6, 6.07) is 16.0. The van der Waals surface area contributed by atoms with Crippen molar-refractivity contribution in [2.45, 2.75) is 19.4 Å². The number of anilines is 1. The molecule has 0 radical (unpaired) electrons. The van der Waals surface area contributed by atoms with Crippen LogP contribution in [0.25, 0.3) is 0 Å². The third kappa shape index (κ3) is 4.23. The van der Waals surface area contributed by atoms with Crippen LogP contribution in [-0.2, 0) is 0 Å². The Bertz CT molecular complexity index is 629. The Morgan fingerprint density at radius 2 is 2.00 bits per heavy atom. The van der Waals surface area contributed by atoms with Crippen LogP contribution in [0.1, 0.15) is 23.6 Å². The highest BCUT2D eigenvalue weighted by atomic mass is 79.9. The fourth-order valence-electron chi connectivity index (χ4n) is 2.16. The molecule has 2 aromatic rings. The third-order valence-corrected chi connectivity index (χ3v) is 3.76. The molecule has 0 saturated heterocycles. The number of oxime groups is 1. The maximum atomic E-state index is 8.82. The Labute approximate surface area is 132 Å². The number of aryl methyl sites for hydroxylation is 1. The predicted octanol–water partition coefficient (Wildman–Crippen LogP) is 4.05. The first-order valence-electron chi connectivity index (χ1n) is 6.64. The number of nitrogens with one attached hydrogen (secondary N) is 1. The molecule has 0 aromatic heterocycles. The SMILES string of the molecule is Cc1cc(Br)ccc1NC(CC(N)=NO)c1ccccc1. The Morgan fingerprint density at radius 1 is 1.29 bits per heavy atom. The smallest absolute Gasteiger partial charge is 0.141 e. The van der Waals surface area contributed by atoms with Crippen molar-refractivity contribution in [1.29, 1.82) is 0 Å². The average Bonchev–Trinajstić information content (AvgIpc) is 2.49. The maximum absolute atomic E-state index is 8.82. The molecule has 4 nitrogen and oxygen atoms in total. The van der Waals surface area contributed by atoms with Gasteiger partial charge in [0.2, 0.25) is 0 Å². The standard InChI is InChI=1S/C16H18BrN3O/c1-11-9-13(17)7-8-14(11)19-15(10-16(18)20-21)12-5-3-2-4-6-12/h2-9,15,19,21H,10H2,1H3,(H2,18,20). The first-order valence-corrected chi connectivity index (χ1v) is 7.43. The minimum atomic E-state index is -0.0537. The molecule has 0 heterocycles. The normalized spacial score (nSPS) is 13.0. The van der Waals surface area contributed by atoms with Crippen molar-refractivity contribution in [1.82, 2.24) is 0 Å². The van der Waals surface area contributed by atoms with Gasteiger partial charge in [0.05, 0.1) is 6.04 Å². The molecule has 5 heteroatoms. The number of halogens is 1. The van der Waals surface area contributed by atoms with E-state index in [1.54, 1.807) is 0 Å². The molecule has 2 rings (SSSR count). The number of amidine groups is 1. The molecule has 0 aliphatic heterocycles. The van der Waals surface area contributed by atoms with E-state index in [4.69, 9.17) is 10.9 Å². The molecule has 1 atom stereocenters. The van der Waals surface area contributed by atoms with E-state index < -0.39 is 0 Å². The summed E-state index contributed by atoms with van der Waals surface area (Å²) >= 11 is 3.46. The van der Waals surface area contributed by atoms with Crippen molar-refractivity contribution in [3.63, 3.8) is 0 Å². The highest BCUT2D eigenvalue weighted by Gasteiger charge is 2.14. The predicted molar refractivity (Wildman–Crippen MR) is 89.7 cm³/mol. The molecule has 21 heavy (non-hydrogen) atoms. The largest absolute Gasteiger partial charge is 0.409 e. The summed E-state index contributed by atoms with van der Waals surface area (Å²) in [7, 11) is 0. The van der Waals surface area contributed by atoms with Gasteiger partial charge in [-0.25, -0.2) is 0 Å². The fraction of sp³-hybridized carbons (Fsp3) is 0.188. The lowest BCUT2D eigenvalue weighted by Crippen LogP contribution is -2.21. The summed E-state index contributed by atoms with van der Waals surface area (Å²) in [4.78, 5) is 0. The molecule has 0 spiro atoms. The minimum absolute atomic E-state index is 0.0537. The molecule has 0 amide bonds. The molecule has 110 valence electrons. The molecule has 0 fully saturated rings. The van der Waals surface area contributed by atoms with E-state index in [9.17, 15) is 0 Å². The summed E-state index contributed by atoms with van der Waals surface area (Å²) < 4.78 is 1.04. The van der Waals surface area contributed by atoms with Gasteiger partial charge in [-0.1, -0.05) is 51.4 Å². The molecule has 0 bridgehead atoms. The van der Waals surface area contributed by atoms with Gasteiger partial charge in [-0.3, -0.25) is 0 Å². The van der Waals surface area contributed by atoms with Crippen LogP contribution in [0.5, 0.6) is 0 Å². The average molecular weight is 348 g/mol. The van der Waals surface area contributed by atoms with Gasteiger partial charge in [0, 0.05) is 16.6 Å². The lowest BCUT2D eigenvalue weighted by molar-refractivity contribution is 0.316. The first kappa shape index (κ1) is 15.4. The molecule has 0 aliphatic carbocycles. The number of hydrogen-bond donors (Lipinski definition) is 3. The van der Waals surface area contributed by atoms with Gasteiger partial charge in [0.1, 0.15) is 5.84 Å². The number of benzene rings is 2. The molecule has 1 unspecified atom stereocenters. The topological polar surface area (TPSA) is 70.6 Å². The second-order valence-corrected chi connectivity index (χ2v) is 5.78. The number of hydrogen-bond acceptors (Lipinski definition) is 3. The highest BCUT2D eigenvalue weighted by Crippen LogP contribution is 2.26. The Hall–Kier alpha value is -2.01. The van der Waals surface area contributed by atoms with Crippen molar-refractivity contribution in [3.05, 3.63) is 64.1 Å². The van der Waals surface area contributed by atoms with E-state index in [2.05, 4.69) is 26.4 Å². The van der Waals surface area contributed by atoms with E-state index in [1.807, 2.05) is 55.5 Å². The summed E-state index contributed by atoms with van der Waals surface area (Å²) in [5, 5.41) is 15.4. The molecule has 4 N–H and O–H groups in total. The van der Waals surface area contributed by atoms with E-state index in [0.717, 1.165) is 21.3 Å². The van der Waals surface area contributed by atoms with E-state index >= 15 is 0 Å². The van der Waals surface area contributed by atoms with Crippen LogP contribution in [0.15, 0.2) is 58.2 Å². The van der Waals surface area contributed by atoms with Gasteiger partial charge >= 0.3 is 0 Å². The summed E-state index contributed by atoms with van der Waals surface area (Å²) in [5.41, 5.74) is 8.92. The summed E-state index contributed by atoms with van der Waals surface area (Å²) in [5.74, 6) is 0.200. The van der Waals surface area contributed by atoms with Gasteiger partial charge < -0.3 is 16.3 Å². The van der Waals surface area contributed by atoms with Gasteiger partial charge in [-0.2, -0.15) is 0 Å². The Balaban J connectivity index is 2.27. The van der Waals surface area contributed by atoms with Crippen molar-refractivity contribution < 1.29 is 5.21 Å². The van der Waals surface area contributed by atoms with Gasteiger partial charge in [0.15, 0.2) is 0 Å². The van der Waals surface area contributed by atoms with Crippen LogP contribution in [0.4, 0.5) is 5.69 Å². The summed E-state index contributed by atoms with van der Waals surface area (Å²) in [6.45, 7) is 2.04. The van der Waals surface area contributed by atoms with Gasteiger partial charge in [-0.15, -0.1) is 0 Å². The second-order valence-electron chi connectivity index (χ2n) is 4.86. The highest BCUT2D eigenvalue weighted by molar-refractivity contribution is 9.10. The molecule has 2 aromatic carbocycles. The van der Waals surface area contributed by atoms with Crippen LogP contribution >= 0.6 is 15.9 Å². The van der Waals surface area contributed by atoms with Crippen LogP contribution in [0, 0.1) is 6.92 Å². The molecular formula is C16H18BrN3O. The third-order valence-electron chi connectivity index (χ3n) is 3.26. The van der Waals surface area contributed by atoms with E-state index in [-0.39, 0.29) is 11.9 Å². The van der Waals surface area contributed by atoms with Crippen molar-refractivity contribution in [2.24, 2.45) is 10.9 Å². The van der Waals surface area contributed by atoms with Crippen LogP contribution in [0.2, 0.25) is 0 Å². The quantitative estimate of drug-likeness (QED) is 0.330. The van der Waals surface area contributed by atoms with Crippen molar-refractivity contribution >= 4 is 27.5 Å². The Kier molecular flexibility index (Phi) is 5.22. The second kappa shape index (κ2) is 7.13. The zero-order valence-electron chi connectivity index (χ0n) is 11.8. The molecular weight excluding hydrogens is 330 g/mol. The van der Waals surface area contributed by atoms with E-state index in [0.29, 0.717) is 6.42 Å². The van der Waals surface area contributed by atoms with Crippen LogP contribution in [-0.4, -0.2) is 11.0 Å². The number of nitrogens with zero attached hydrogens (tertiary/aromatic N) is 1. The van der Waals surface area contributed by atoms with Crippen LogP contribution < -0.4 is 11.1 Å². The van der Waals surface area contributed by atoms with Crippen molar-refractivity contribution in [3.8, 4) is 0 Å². The van der Waals surface area contributed by atoms with Gasteiger partial charge in [-0.05, 0) is 36.2 Å². The maximum Gasteiger partial charge on any atom is 0.141 e. The number of nitrogens with two attached hydrogens (primary N) is 1. The zero-order valence-corrected chi connectivity index (χ0v) is 13.3. The van der Waals surface area contributed by atoms with Gasteiger partial charge in [0.25, 0.3) is 0 Å². The molecule has 0 saturated carbocycles. The Morgan fingerprint density at radius 3 is 2.62 bits per heavy atom. The lowest BCUT2D eigenvalue weighted by Gasteiger charge is -2.21. The number of rotatable bonds is 5. The van der Waals surface area contributed by atoms with E-state index in [1.165, 1.54) is 0 Å². The monoisotopic (exact) mass is 347 g/mol. The fourth-order valence-corrected chi connectivity index (χ4v) is 2.64. The summed E-state index contributed by atoms with van der Waals surface area (Å²) in [6.07, 6.45) is 0.427. The minimum Gasteiger partial charge on any atom is -0.409 e.